The fourth-order valence-corrected chi connectivity index (χ4v) is 7.36. The number of hydrogen-bond acceptors (Lipinski definition) is 9. The molecular formula is C45H85N9O8. The molecule has 0 aliphatic heterocycles. The molecule has 358 valence electrons. The lowest BCUT2D eigenvalue weighted by Crippen LogP contribution is -2.61. The van der Waals surface area contributed by atoms with Crippen LogP contribution in [-0.4, -0.2) is 170 Å². The van der Waals surface area contributed by atoms with Crippen molar-refractivity contribution in [2.75, 3.05) is 55.9 Å². The van der Waals surface area contributed by atoms with Crippen LogP contribution in [0.1, 0.15) is 121 Å². The van der Waals surface area contributed by atoms with Crippen LogP contribution < -0.4 is 21.3 Å². The summed E-state index contributed by atoms with van der Waals surface area (Å²) in [4.78, 5) is 117. The van der Waals surface area contributed by atoms with E-state index < -0.39 is 77.7 Å². The molecule has 0 saturated heterocycles. The summed E-state index contributed by atoms with van der Waals surface area (Å²) in [6, 6.07) is -6.70. The second-order valence-corrected chi connectivity index (χ2v) is 18.5. The number of amides is 8. The van der Waals surface area contributed by atoms with Crippen LogP contribution in [0.2, 0.25) is 0 Å². The summed E-state index contributed by atoms with van der Waals surface area (Å²) in [7, 11) is 11.6. The summed E-state index contributed by atoms with van der Waals surface area (Å²) in [6.07, 6.45) is 3.19. The minimum absolute atomic E-state index is 0.0491. The van der Waals surface area contributed by atoms with Gasteiger partial charge in [0.25, 0.3) is 0 Å². The Hall–Kier alpha value is -4.28. The van der Waals surface area contributed by atoms with Crippen molar-refractivity contribution in [2.24, 2.45) is 23.7 Å². The Balaban J connectivity index is 6.39. The molecule has 0 fully saturated rings. The molecule has 0 aromatic heterocycles. The van der Waals surface area contributed by atoms with Crippen LogP contribution in [0.25, 0.3) is 0 Å². The summed E-state index contributed by atoms with van der Waals surface area (Å²) in [5, 5.41) is 10.9. The predicted molar refractivity (Wildman–Crippen MR) is 243 cm³/mol. The topological polar surface area (TPSA) is 201 Å². The molecule has 1 unspecified atom stereocenters. The largest absolute Gasteiger partial charge is 0.357 e. The molecule has 8 amide bonds. The van der Waals surface area contributed by atoms with E-state index in [9.17, 15) is 38.4 Å². The molecule has 8 atom stereocenters. The van der Waals surface area contributed by atoms with Crippen molar-refractivity contribution in [2.45, 2.75) is 163 Å². The van der Waals surface area contributed by atoms with Gasteiger partial charge in [-0.05, 0) is 90.3 Å². The molecule has 0 saturated carbocycles. The zero-order valence-electron chi connectivity index (χ0n) is 41.5. The van der Waals surface area contributed by atoms with Gasteiger partial charge in [0.2, 0.25) is 47.3 Å². The first-order chi connectivity index (χ1) is 28.7. The Bertz CT molecular complexity index is 1490. The average Bonchev–Trinajstić information content (AvgIpc) is 3.20. The van der Waals surface area contributed by atoms with Crippen LogP contribution in [0.3, 0.4) is 0 Å². The van der Waals surface area contributed by atoms with Crippen molar-refractivity contribution in [3.05, 3.63) is 0 Å². The van der Waals surface area contributed by atoms with Crippen molar-refractivity contribution < 1.29 is 38.4 Å². The van der Waals surface area contributed by atoms with Crippen LogP contribution in [0.15, 0.2) is 0 Å². The van der Waals surface area contributed by atoms with Crippen LogP contribution in [0.5, 0.6) is 0 Å². The van der Waals surface area contributed by atoms with Crippen LogP contribution >= 0.6 is 0 Å². The Labute approximate surface area is 373 Å². The maximum absolute atomic E-state index is 14.4. The fourth-order valence-electron chi connectivity index (χ4n) is 7.36. The first-order valence-corrected chi connectivity index (χ1v) is 22.5. The van der Waals surface area contributed by atoms with E-state index in [1.165, 1.54) is 54.6 Å². The Morgan fingerprint density at radius 3 is 1.48 bits per heavy atom. The van der Waals surface area contributed by atoms with Gasteiger partial charge in [0.1, 0.15) is 42.3 Å². The highest BCUT2D eigenvalue weighted by atomic mass is 16.2. The third-order valence-electron chi connectivity index (χ3n) is 11.5. The van der Waals surface area contributed by atoms with E-state index in [0.29, 0.717) is 45.1 Å². The number of likely N-dealkylation sites (N-methyl/N-ethyl adjacent to an activating group) is 5. The fraction of sp³-hybridized carbons (Fsp3) is 0.822. The lowest BCUT2D eigenvalue weighted by molar-refractivity contribution is -0.150. The number of nitrogens with one attached hydrogen (secondary N) is 4. The highest BCUT2D eigenvalue weighted by molar-refractivity contribution is 5.97. The average molecular weight is 880 g/mol. The quantitative estimate of drug-likeness (QED) is 0.0958. The molecule has 0 spiro atoms. The number of carbonyl (C=O) groups excluding carboxylic acids is 8. The van der Waals surface area contributed by atoms with Crippen molar-refractivity contribution in [1.82, 2.24) is 45.8 Å². The monoisotopic (exact) mass is 880 g/mol. The summed E-state index contributed by atoms with van der Waals surface area (Å²) in [5.74, 6) is -4.24. The molecule has 62 heavy (non-hydrogen) atoms. The summed E-state index contributed by atoms with van der Waals surface area (Å²) in [6.45, 7) is 20.6. The molecule has 0 aliphatic rings. The van der Waals surface area contributed by atoms with Crippen LogP contribution in [-0.2, 0) is 38.4 Å². The third-order valence-corrected chi connectivity index (χ3v) is 11.5. The maximum Gasteiger partial charge on any atom is 0.245 e. The van der Waals surface area contributed by atoms with Crippen LogP contribution in [0, 0.1) is 23.7 Å². The van der Waals surface area contributed by atoms with Gasteiger partial charge in [-0.15, -0.1) is 0 Å². The van der Waals surface area contributed by atoms with E-state index in [1.807, 2.05) is 67.5 Å². The van der Waals surface area contributed by atoms with Crippen LogP contribution in [0.4, 0.5) is 0 Å². The van der Waals surface area contributed by atoms with Gasteiger partial charge in [-0.3, -0.25) is 38.4 Å². The van der Waals surface area contributed by atoms with Gasteiger partial charge in [0, 0.05) is 41.7 Å². The van der Waals surface area contributed by atoms with Crippen molar-refractivity contribution in [3.8, 4) is 0 Å². The zero-order chi connectivity index (χ0) is 48.3. The minimum Gasteiger partial charge on any atom is -0.357 e. The minimum atomic E-state index is -1.10. The van der Waals surface area contributed by atoms with E-state index in [0.717, 1.165) is 0 Å². The normalized spacial score (nSPS) is 15.4. The number of rotatable bonds is 27. The van der Waals surface area contributed by atoms with Gasteiger partial charge in [0.15, 0.2) is 0 Å². The van der Waals surface area contributed by atoms with E-state index >= 15 is 0 Å². The van der Waals surface area contributed by atoms with Gasteiger partial charge >= 0.3 is 0 Å². The zero-order valence-corrected chi connectivity index (χ0v) is 41.5. The van der Waals surface area contributed by atoms with E-state index in [-0.39, 0.29) is 41.9 Å². The van der Waals surface area contributed by atoms with E-state index in [4.69, 9.17) is 0 Å². The SMILES string of the molecule is CCCC(=O)N(C)[C@H](CCCN(C)C)C(=O)N(C)[C@H](C(=O)N[C@H](C(=O)N(C)[C@@H](CC(C)C)C(=O)N[C@H](C)C(=O)N[C@@H](C)C(=O)N(C)[C@@H](CC(C)C)C(=O)NC)C(C)C)C(C)CC. The summed E-state index contributed by atoms with van der Waals surface area (Å²) < 4.78 is 0. The molecule has 0 aromatic rings. The molecule has 4 N–H and O–H groups in total. The number of carbonyl (C=O) groups is 8. The van der Waals surface area contributed by atoms with Gasteiger partial charge in [-0.2, -0.15) is 0 Å². The Morgan fingerprint density at radius 2 is 1.03 bits per heavy atom. The molecule has 0 radical (unpaired) electrons. The van der Waals surface area contributed by atoms with Gasteiger partial charge in [-0.1, -0.05) is 68.7 Å². The standard InChI is InChI=1S/C45H85N9O8/c1-19-22-36(55)51(15)33(23-21-24-50(13)14)44(61)54(18)38(30(9)20-2)42(59)49-37(29(7)8)45(62)53(17)35(26-28(5)6)41(58)47-31(10)39(56)48-32(11)43(60)52(16)34(25-27(3)4)40(57)46-12/h27-35,37-38H,19-26H2,1-18H3,(H,46,57)(H,47,58)(H,48,56)(H,49,59)/t30?,31-,32+,33-,34+,35+,37+,38+/m1/s1. The smallest absolute Gasteiger partial charge is 0.245 e. The van der Waals surface area contributed by atoms with E-state index in [1.54, 1.807) is 27.9 Å². The molecular weight excluding hydrogens is 795 g/mol. The summed E-state index contributed by atoms with van der Waals surface area (Å²) in [5.41, 5.74) is 0. The molecule has 17 heteroatoms. The molecule has 0 rings (SSSR count). The lowest BCUT2D eigenvalue weighted by atomic mass is 9.94. The Kier molecular flexibility index (Phi) is 25.8. The first kappa shape index (κ1) is 57.7. The Morgan fingerprint density at radius 1 is 0.532 bits per heavy atom. The van der Waals surface area contributed by atoms with Crippen molar-refractivity contribution in [3.63, 3.8) is 0 Å². The second-order valence-electron chi connectivity index (χ2n) is 18.5. The maximum atomic E-state index is 14.4. The first-order valence-electron chi connectivity index (χ1n) is 22.5. The van der Waals surface area contributed by atoms with Crippen molar-refractivity contribution >= 4 is 47.3 Å². The number of hydrogen-bond donors (Lipinski definition) is 4. The second kappa shape index (κ2) is 27.7. The molecule has 0 aliphatic carbocycles. The highest BCUT2D eigenvalue weighted by Crippen LogP contribution is 2.21. The summed E-state index contributed by atoms with van der Waals surface area (Å²) >= 11 is 0. The third kappa shape index (κ3) is 17.8. The van der Waals surface area contributed by atoms with Crippen molar-refractivity contribution in [1.29, 1.82) is 0 Å². The lowest BCUT2D eigenvalue weighted by Gasteiger charge is -2.38. The number of nitrogens with zero attached hydrogens (tertiary/aromatic N) is 5. The molecule has 17 nitrogen and oxygen atoms in total. The highest BCUT2D eigenvalue weighted by Gasteiger charge is 2.40. The molecule has 0 aromatic carbocycles. The van der Waals surface area contributed by atoms with Gasteiger partial charge < -0.3 is 45.8 Å². The van der Waals surface area contributed by atoms with Gasteiger partial charge in [-0.25, -0.2) is 0 Å². The molecule has 0 bridgehead atoms. The van der Waals surface area contributed by atoms with Gasteiger partial charge in [0.05, 0.1) is 0 Å². The molecule has 0 heterocycles. The predicted octanol–water partition coefficient (Wildman–Crippen LogP) is 2.47. The van der Waals surface area contributed by atoms with E-state index in [2.05, 4.69) is 21.3 Å².